The van der Waals surface area contributed by atoms with Crippen molar-refractivity contribution in [3.63, 3.8) is 0 Å². The van der Waals surface area contributed by atoms with E-state index in [2.05, 4.69) is 38.5 Å². The second-order valence-corrected chi connectivity index (χ2v) is 5.83. The van der Waals surface area contributed by atoms with Gasteiger partial charge in [0.25, 0.3) is 0 Å². The van der Waals surface area contributed by atoms with Crippen LogP contribution in [0.15, 0.2) is 29.7 Å². The van der Waals surface area contributed by atoms with Crippen LogP contribution < -0.4 is 4.90 Å². The highest BCUT2D eigenvalue weighted by molar-refractivity contribution is 7.11. The summed E-state index contributed by atoms with van der Waals surface area (Å²) in [6.07, 6.45) is 3.32. The second-order valence-electron chi connectivity index (χ2n) is 4.50. The largest absolute Gasteiger partial charge is 0.352 e. The van der Waals surface area contributed by atoms with E-state index in [9.17, 15) is 0 Å². The Bertz CT molecular complexity index is 587. The van der Waals surface area contributed by atoms with Crippen molar-refractivity contribution < 1.29 is 0 Å². The molecule has 0 atom stereocenters. The molecule has 3 heterocycles. The van der Waals surface area contributed by atoms with Gasteiger partial charge in [0.15, 0.2) is 0 Å². The zero-order chi connectivity index (χ0) is 13.2. The van der Waals surface area contributed by atoms with Gasteiger partial charge < -0.3 is 4.90 Å². The maximum absolute atomic E-state index is 5.99. The van der Waals surface area contributed by atoms with Crippen LogP contribution in [-0.4, -0.2) is 23.1 Å². The zero-order valence-electron chi connectivity index (χ0n) is 10.6. The van der Waals surface area contributed by atoms with Gasteiger partial charge in [0, 0.05) is 24.0 Å². The lowest BCUT2D eigenvalue weighted by molar-refractivity contribution is 0.809. The fourth-order valence-corrected chi connectivity index (χ4v) is 3.26. The van der Waals surface area contributed by atoms with E-state index in [-0.39, 0.29) is 0 Å². The second kappa shape index (κ2) is 5.31. The minimum atomic E-state index is 0.510. The van der Waals surface area contributed by atoms with Gasteiger partial charge in [0.05, 0.1) is 0 Å². The zero-order valence-corrected chi connectivity index (χ0v) is 12.2. The van der Waals surface area contributed by atoms with Crippen LogP contribution in [0.3, 0.4) is 0 Å². The summed E-state index contributed by atoms with van der Waals surface area (Å²) >= 11 is 7.79. The van der Waals surface area contributed by atoms with Crippen molar-refractivity contribution in [2.24, 2.45) is 0 Å². The SMILES string of the molecule is Cc1nc(Cl)cc(N2CC=C(c3cccs3)CC2)n1. The monoisotopic (exact) mass is 291 g/mol. The Hall–Kier alpha value is -1.39. The molecule has 98 valence electrons. The number of nitrogens with zero attached hydrogens (tertiary/aromatic N) is 3. The van der Waals surface area contributed by atoms with E-state index >= 15 is 0 Å². The Balaban J connectivity index is 1.79. The Labute approximate surface area is 121 Å². The number of rotatable bonds is 2. The molecule has 0 N–H and O–H groups in total. The highest BCUT2D eigenvalue weighted by atomic mass is 35.5. The molecular formula is C14H14ClN3S. The van der Waals surface area contributed by atoms with Crippen molar-refractivity contribution in [2.75, 3.05) is 18.0 Å². The van der Waals surface area contributed by atoms with Crippen molar-refractivity contribution >= 4 is 34.3 Å². The number of hydrogen-bond acceptors (Lipinski definition) is 4. The quantitative estimate of drug-likeness (QED) is 0.788. The molecule has 0 spiro atoms. The fourth-order valence-electron chi connectivity index (χ4n) is 2.24. The van der Waals surface area contributed by atoms with Gasteiger partial charge in [0.1, 0.15) is 16.8 Å². The molecule has 0 aromatic carbocycles. The van der Waals surface area contributed by atoms with Gasteiger partial charge in [-0.2, -0.15) is 0 Å². The lowest BCUT2D eigenvalue weighted by Crippen LogP contribution is -2.29. The molecule has 3 nitrogen and oxygen atoms in total. The summed E-state index contributed by atoms with van der Waals surface area (Å²) in [5, 5.41) is 2.63. The van der Waals surface area contributed by atoms with Gasteiger partial charge in [-0.25, -0.2) is 9.97 Å². The van der Waals surface area contributed by atoms with E-state index in [1.807, 2.05) is 13.0 Å². The molecule has 0 unspecified atom stereocenters. The third-order valence-electron chi connectivity index (χ3n) is 3.16. The topological polar surface area (TPSA) is 29.0 Å². The molecule has 2 aromatic heterocycles. The molecule has 3 rings (SSSR count). The fraction of sp³-hybridized carbons (Fsp3) is 0.286. The van der Waals surface area contributed by atoms with Crippen molar-refractivity contribution in [1.82, 2.24) is 9.97 Å². The summed E-state index contributed by atoms with van der Waals surface area (Å²) in [6, 6.07) is 6.11. The van der Waals surface area contributed by atoms with Crippen LogP contribution in [0.5, 0.6) is 0 Å². The molecule has 0 bridgehead atoms. The van der Waals surface area contributed by atoms with Crippen LogP contribution >= 0.6 is 22.9 Å². The average Bonchev–Trinajstić information content (AvgIpc) is 2.91. The number of hydrogen-bond donors (Lipinski definition) is 0. The first-order valence-electron chi connectivity index (χ1n) is 6.21. The van der Waals surface area contributed by atoms with Crippen molar-refractivity contribution in [2.45, 2.75) is 13.3 Å². The number of anilines is 1. The Morgan fingerprint density at radius 3 is 2.89 bits per heavy atom. The molecule has 0 saturated heterocycles. The van der Waals surface area contributed by atoms with Gasteiger partial charge in [-0.1, -0.05) is 23.7 Å². The predicted octanol–water partition coefficient (Wildman–Crippen LogP) is 3.79. The van der Waals surface area contributed by atoms with E-state index in [1.54, 1.807) is 11.3 Å². The third kappa shape index (κ3) is 2.80. The summed E-state index contributed by atoms with van der Waals surface area (Å²) in [5.74, 6) is 1.63. The third-order valence-corrected chi connectivity index (χ3v) is 4.30. The van der Waals surface area contributed by atoms with Gasteiger partial charge >= 0.3 is 0 Å². The molecule has 0 aliphatic carbocycles. The Morgan fingerprint density at radius 1 is 1.37 bits per heavy atom. The molecule has 0 amide bonds. The highest BCUT2D eigenvalue weighted by Gasteiger charge is 2.15. The summed E-state index contributed by atoms with van der Waals surface area (Å²) < 4.78 is 0. The summed E-state index contributed by atoms with van der Waals surface area (Å²) in [6.45, 7) is 3.71. The number of aromatic nitrogens is 2. The molecular weight excluding hydrogens is 278 g/mol. The molecule has 0 radical (unpaired) electrons. The summed E-state index contributed by atoms with van der Waals surface area (Å²) in [7, 11) is 0. The Kier molecular flexibility index (Phi) is 3.53. The number of thiophene rings is 1. The molecule has 0 fully saturated rings. The lowest BCUT2D eigenvalue weighted by Gasteiger charge is -2.27. The number of aryl methyl sites for hydroxylation is 1. The van der Waals surface area contributed by atoms with Crippen molar-refractivity contribution in [3.8, 4) is 0 Å². The minimum absolute atomic E-state index is 0.510. The summed E-state index contributed by atoms with van der Waals surface area (Å²) in [5.41, 5.74) is 1.43. The molecule has 19 heavy (non-hydrogen) atoms. The normalized spacial score (nSPS) is 15.5. The molecule has 1 aliphatic heterocycles. The minimum Gasteiger partial charge on any atom is -0.352 e. The van der Waals surface area contributed by atoms with Crippen LogP contribution in [0.1, 0.15) is 17.1 Å². The van der Waals surface area contributed by atoms with E-state index in [4.69, 9.17) is 11.6 Å². The van der Waals surface area contributed by atoms with Crippen LogP contribution in [-0.2, 0) is 0 Å². The van der Waals surface area contributed by atoms with E-state index in [1.165, 1.54) is 10.5 Å². The van der Waals surface area contributed by atoms with Crippen molar-refractivity contribution in [3.05, 3.63) is 45.5 Å². The van der Waals surface area contributed by atoms with E-state index in [0.29, 0.717) is 5.15 Å². The first-order valence-corrected chi connectivity index (χ1v) is 7.47. The highest BCUT2D eigenvalue weighted by Crippen LogP contribution is 2.28. The number of halogens is 1. The summed E-state index contributed by atoms with van der Waals surface area (Å²) in [4.78, 5) is 12.2. The Morgan fingerprint density at radius 2 is 2.26 bits per heavy atom. The maximum atomic E-state index is 5.99. The van der Waals surface area contributed by atoms with Crippen LogP contribution in [0.2, 0.25) is 5.15 Å². The first-order chi connectivity index (χ1) is 9.22. The van der Waals surface area contributed by atoms with Crippen LogP contribution in [0, 0.1) is 6.92 Å². The van der Waals surface area contributed by atoms with Gasteiger partial charge in [0.2, 0.25) is 0 Å². The average molecular weight is 292 g/mol. The first kappa shape index (κ1) is 12.6. The van der Waals surface area contributed by atoms with Gasteiger partial charge in [-0.3, -0.25) is 0 Å². The lowest BCUT2D eigenvalue weighted by atomic mass is 10.1. The molecule has 0 saturated carbocycles. The molecule has 5 heteroatoms. The van der Waals surface area contributed by atoms with Crippen molar-refractivity contribution in [1.29, 1.82) is 0 Å². The van der Waals surface area contributed by atoms with E-state index < -0.39 is 0 Å². The maximum Gasteiger partial charge on any atom is 0.134 e. The molecule has 1 aliphatic rings. The molecule has 2 aromatic rings. The van der Waals surface area contributed by atoms with Gasteiger partial charge in [-0.15, -0.1) is 11.3 Å². The van der Waals surface area contributed by atoms with Crippen LogP contribution in [0.4, 0.5) is 5.82 Å². The van der Waals surface area contributed by atoms with Gasteiger partial charge in [-0.05, 0) is 30.4 Å². The van der Waals surface area contributed by atoms with E-state index in [0.717, 1.165) is 31.2 Å². The predicted molar refractivity (Wildman–Crippen MR) is 80.9 cm³/mol. The van der Waals surface area contributed by atoms with Crippen LogP contribution in [0.25, 0.3) is 5.57 Å². The standard InChI is InChI=1S/C14H14ClN3S/c1-10-16-13(15)9-14(17-10)18-6-4-11(5-7-18)12-3-2-8-19-12/h2-4,8-9H,5-7H2,1H3. The smallest absolute Gasteiger partial charge is 0.134 e.